The first kappa shape index (κ1) is 17.3. The van der Waals surface area contributed by atoms with Crippen molar-refractivity contribution in [2.24, 2.45) is 0 Å². The van der Waals surface area contributed by atoms with E-state index in [1.165, 1.54) is 33.3 Å². The van der Waals surface area contributed by atoms with Crippen molar-refractivity contribution in [3.63, 3.8) is 0 Å². The first-order chi connectivity index (χ1) is 11.6. The quantitative estimate of drug-likeness (QED) is 0.457. The Labute approximate surface area is 155 Å². The zero-order valence-corrected chi connectivity index (χ0v) is 15.8. The third-order valence-corrected chi connectivity index (χ3v) is 6.61. The topological polar surface area (TPSA) is 40.6 Å². The van der Waals surface area contributed by atoms with E-state index < -0.39 is 0 Å². The lowest BCUT2D eigenvalue weighted by Crippen LogP contribution is -2.56. The van der Waals surface area contributed by atoms with E-state index in [9.17, 15) is 9.59 Å². The molecule has 2 aliphatic rings. The van der Waals surface area contributed by atoms with Gasteiger partial charge < -0.3 is 0 Å². The van der Waals surface area contributed by atoms with Crippen LogP contribution in [0.3, 0.4) is 0 Å². The minimum atomic E-state index is -0.296. The molecule has 2 amide bonds. The molecule has 24 heavy (non-hydrogen) atoms. The van der Waals surface area contributed by atoms with Gasteiger partial charge in [0.15, 0.2) is 5.11 Å². The maximum atomic E-state index is 12.8. The fraction of sp³-hybridized carbons (Fsp3) is 0.235. The van der Waals surface area contributed by atoms with Gasteiger partial charge in [0.1, 0.15) is 5.57 Å². The Morgan fingerprint density at radius 3 is 2.12 bits per heavy atom. The molecule has 4 nitrogen and oxygen atoms in total. The standard InChI is InChI=1S/C17H16N2O2S3/c1-3-18-14(20)13(15(21)19(4-2)17(18)22)16-23-10-12(24-16)11-8-6-5-7-9-11/h5-10H,3-4H2,1-2H3. The van der Waals surface area contributed by atoms with E-state index in [1.54, 1.807) is 0 Å². The van der Waals surface area contributed by atoms with Crippen LogP contribution < -0.4 is 0 Å². The molecule has 1 saturated heterocycles. The summed E-state index contributed by atoms with van der Waals surface area (Å²) in [6, 6.07) is 9.94. The van der Waals surface area contributed by atoms with Gasteiger partial charge in [-0.05, 0) is 37.0 Å². The van der Waals surface area contributed by atoms with Crippen molar-refractivity contribution in [3.8, 4) is 0 Å². The number of hydrogen-bond donors (Lipinski definition) is 0. The molecule has 124 valence electrons. The molecule has 0 spiro atoms. The zero-order valence-electron chi connectivity index (χ0n) is 13.3. The van der Waals surface area contributed by atoms with Gasteiger partial charge >= 0.3 is 0 Å². The number of thiocarbonyl (C=S) groups is 1. The highest BCUT2D eigenvalue weighted by Gasteiger charge is 2.41. The fourth-order valence-electron chi connectivity index (χ4n) is 2.51. The molecule has 7 heteroatoms. The number of likely N-dealkylation sites (N-methyl/N-ethyl adjacent to an activating group) is 2. The van der Waals surface area contributed by atoms with Crippen molar-refractivity contribution < 1.29 is 9.59 Å². The molecule has 0 atom stereocenters. The predicted molar refractivity (Wildman–Crippen MR) is 104 cm³/mol. The summed E-state index contributed by atoms with van der Waals surface area (Å²) in [4.78, 5) is 29.5. The van der Waals surface area contributed by atoms with Crippen molar-refractivity contribution >= 4 is 57.6 Å². The summed E-state index contributed by atoms with van der Waals surface area (Å²) in [5.74, 6) is -0.593. The van der Waals surface area contributed by atoms with Gasteiger partial charge in [0, 0.05) is 18.0 Å². The molecule has 0 radical (unpaired) electrons. The highest BCUT2D eigenvalue weighted by Crippen LogP contribution is 2.50. The average Bonchev–Trinajstić information content (AvgIpc) is 3.06. The van der Waals surface area contributed by atoms with Crippen LogP contribution in [0.15, 0.2) is 45.6 Å². The lowest BCUT2D eigenvalue weighted by molar-refractivity contribution is -0.133. The van der Waals surface area contributed by atoms with Gasteiger partial charge in [-0.3, -0.25) is 19.4 Å². The number of carbonyl (C=O) groups excluding carboxylic acids is 2. The molecule has 2 heterocycles. The minimum absolute atomic E-state index is 0.226. The average molecular weight is 377 g/mol. The summed E-state index contributed by atoms with van der Waals surface area (Å²) in [7, 11) is 0. The molecule has 0 N–H and O–H groups in total. The van der Waals surface area contributed by atoms with Gasteiger partial charge in [-0.1, -0.05) is 53.9 Å². The van der Waals surface area contributed by atoms with Crippen LogP contribution in [-0.4, -0.2) is 39.8 Å². The van der Waals surface area contributed by atoms with Gasteiger partial charge in [0.25, 0.3) is 11.8 Å². The normalized spacial score (nSPS) is 18.6. The van der Waals surface area contributed by atoms with Crippen LogP contribution in [0, 0.1) is 0 Å². The molecule has 1 aromatic rings. The number of carbonyl (C=O) groups is 2. The van der Waals surface area contributed by atoms with Crippen molar-refractivity contribution in [2.75, 3.05) is 13.1 Å². The van der Waals surface area contributed by atoms with E-state index in [-0.39, 0.29) is 17.4 Å². The summed E-state index contributed by atoms with van der Waals surface area (Å²) < 4.78 is 0.725. The Balaban J connectivity index is 1.95. The maximum absolute atomic E-state index is 12.8. The Hall–Kier alpha value is -1.57. The van der Waals surface area contributed by atoms with E-state index in [2.05, 4.69) is 0 Å². The maximum Gasteiger partial charge on any atom is 0.267 e. The number of hydrogen-bond acceptors (Lipinski definition) is 5. The Bertz CT molecular complexity index is 743. The molecule has 2 aliphatic heterocycles. The van der Waals surface area contributed by atoms with Gasteiger partial charge in [0.2, 0.25) is 0 Å². The lowest BCUT2D eigenvalue weighted by atomic mass is 10.2. The molecule has 0 aromatic heterocycles. The zero-order chi connectivity index (χ0) is 17.3. The predicted octanol–water partition coefficient (Wildman–Crippen LogP) is 3.67. The summed E-state index contributed by atoms with van der Waals surface area (Å²) in [6.45, 7) is 4.62. The number of nitrogens with zero attached hydrogens (tertiary/aromatic N) is 2. The molecule has 3 rings (SSSR count). The van der Waals surface area contributed by atoms with Gasteiger partial charge in [-0.25, -0.2) is 0 Å². The molecule has 0 saturated carbocycles. The summed E-state index contributed by atoms with van der Waals surface area (Å²) in [6.07, 6.45) is 0. The monoisotopic (exact) mass is 376 g/mol. The molecule has 1 aromatic carbocycles. The van der Waals surface area contributed by atoms with Crippen molar-refractivity contribution in [1.82, 2.24) is 9.80 Å². The second kappa shape index (κ2) is 7.13. The Morgan fingerprint density at radius 2 is 1.58 bits per heavy atom. The van der Waals surface area contributed by atoms with Gasteiger partial charge in [0.05, 0.1) is 4.24 Å². The number of amides is 2. The highest BCUT2D eigenvalue weighted by atomic mass is 32.2. The molecule has 0 bridgehead atoms. The van der Waals surface area contributed by atoms with Crippen molar-refractivity contribution in [1.29, 1.82) is 0 Å². The van der Waals surface area contributed by atoms with Crippen LogP contribution in [0.25, 0.3) is 4.91 Å². The van der Waals surface area contributed by atoms with E-state index in [0.717, 1.165) is 14.7 Å². The summed E-state index contributed by atoms with van der Waals surface area (Å²) in [5, 5.41) is 2.28. The first-order valence-electron chi connectivity index (χ1n) is 7.60. The second-order valence-electron chi connectivity index (χ2n) is 5.11. The largest absolute Gasteiger partial charge is 0.285 e. The lowest BCUT2D eigenvalue weighted by Gasteiger charge is -2.35. The minimum Gasteiger partial charge on any atom is -0.285 e. The van der Waals surface area contributed by atoms with Gasteiger partial charge in [-0.15, -0.1) is 0 Å². The van der Waals surface area contributed by atoms with Crippen LogP contribution in [0.5, 0.6) is 0 Å². The third kappa shape index (κ3) is 2.92. The van der Waals surface area contributed by atoms with Crippen LogP contribution in [0.4, 0.5) is 0 Å². The fourth-order valence-corrected chi connectivity index (χ4v) is 5.25. The Morgan fingerprint density at radius 1 is 1.00 bits per heavy atom. The third-order valence-electron chi connectivity index (χ3n) is 3.75. The smallest absolute Gasteiger partial charge is 0.267 e. The first-order valence-corrected chi connectivity index (χ1v) is 9.71. The molecule has 0 unspecified atom stereocenters. The molecule has 1 fully saturated rings. The second-order valence-corrected chi connectivity index (χ2v) is 7.67. The van der Waals surface area contributed by atoms with Crippen molar-refractivity contribution in [3.05, 3.63) is 51.1 Å². The summed E-state index contributed by atoms with van der Waals surface area (Å²) in [5.41, 5.74) is 1.31. The molecular formula is C17H16N2O2S3. The molecular weight excluding hydrogens is 360 g/mol. The summed E-state index contributed by atoms with van der Waals surface area (Å²) >= 11 is 8.19. The van der Waals surface area contributed by atoms with E-state index in [4.69, 9.17) is 12.2 Å². The van der Waals surface area contributed by atoms with Crippen molar-refractivity contribution in [2.45, 2.75) is 13.8 Å². The van der Waals surface area contributed by atoms with E-state index in [1.807, 2.05) is 49.6 Å². The van der Waals surface area contributed by atoms with Crippen LogP contribution >= 0.6 is 35.7 Å². The highest BCUT2D eigenvalue weighted by molar-refractivity contribution is 8.31. The number of rotatable bonds is 3. The van der Waals surface area contributed by atoms with Crippen LogP contribution in [0.1, 0.15) is 19.4 Å². The number of benzene rings is 1. The number of thioether (sulfide) groups is 2. The van der Waals surface area contributed by atoms with Gasteiger partial charge in [-0.2, -0.15) is 0 Å². The SMILES string of the molecule is CCN1C(=O)C(=C2SC=C(c3ccccc3)S2)C(=O)N(CC)C1=S. The van der Waals surface area contributed by atoms with Crippen LogP contribution in [0.2, 0.25) is 0 Å². The Kier molecular flexibility index (Phi) is 5.12. The van der Waals surface area contributed by atoms with Crippen LogP contribution in [-0.2, 0) is 9.59 Å². The van der Waals surface area contributed by atoms with E-state index in [0.29, 0.717) is 18.2 Å². The van der Waals surface area contributed by atoms with E-state index >= 15 is 0 Å². The molecule has 0 aliphatic carbocycles.